The summed E-state index contributed by atoms with van der Waals surface area (Å²) in [6.45, 7) is 3.12. The molecule has 2 N–H and O–H groups in total. The third kappa shape index (κ3) is 6.04. The molecule has 9 heteroatoms. The van der Waals surface area contributed by atoms with Gasteiger partial charge in [-0.05, 0) is 25.1 Å². The topological polar surface area (TPSA) is 105 Å². The van der Waals surface area contributed by atoms with Crippen molar-refractivity contribution in [2.45, 2.75) is 25.0 Å². The second-order valence-corrected chi connectivity index (χ2v) is 8.38. The summed E-state index contributed by atoms with van der Waals surface area (Å²) in [7, 11) is -7.01. The van der Waals surface area contributed by atoms with Gasteiger partial charge in [-0.1, -0.05) is 6.92 Å². The van der Waals surface area contributed by atoms with Crippen LogP contribution in [0.2, 0.25) is 0 Å². The third-order valence-electron chi connectivity index (χ3n) is 2.39. The first-order chi connectivity index (χ1) is 9.24. The van der Waals surface area contributed by atoms with Gasteiger partial charge in [0, 0.05) is 12.8 Å². The monoisotopic (exact) mass is 324 g/mol. The second kappa shape index (κ2) is 7.21. The fraction of sp³-hybridized carbons (Fsp3) is 0.636. The molecule has 0 bridgehead atoms. The summed E-state index contributed by atoms with van der Waals surface area (Å²) in [5.41, 5.74) is 0. The van der Waals surface area contributed by atoms with Crippen LogP contribution >= 0.6 is 0 Å². The van der Waals surface area contributed by atoms with Crippen LogP contribution in [0.25, 0.3) is 0 Å². The highest BCUT2D eigenvalue weighted by Crippen LogP contribution is 2.13. The van der Waals surface area contributed by atoms with E-state index in [-0.39, 0.29) is 17.4 Å². The zero-order valence-corrected chi connectivity index (χ0v) is 13.2. The Bertz CT molecular complexity index is 619. The molecule has 116 valence electrons. The Morgan fingerprint density at radius 3 is 2.45 bits per heavy atom. The van der Waals surface area contributed by atoms with Gasteiger partial charge in [0.1, 0.15) is 15.6 Å². The molecule has 1 aromatic rings. The molecule has 0 amide bonds. The van der Waals surface area contributed by atoms with E-state index in [1.54, 1.807) is 6.07 Å². The van der Waals surface area contributed by atoms with E-state index in [2.05, 4.69) is 10.0 Å². The summed E-state index contributed by atoms with van der Waals surface area (Å²) < 4.78 is 53.0. The predicted octanol–water partition coefficient (Wildman–Crippen LogP) is 0.102. The molecule has 0 spiro atoms. The molecule has 0 aliphatic rings. The summed E-state index contributed by atoms with van der Waals surface area (Å²) in [6, 6.07) is 2.93. The maximum atomic E-state index is 11.8. The van der Waals surface area contributed by atoms with E-state index >= 15 is 0 Å². The van der Waals surface area contributed by atoms with Gasteiger partial charge in [-0.2, -0.15) is 0 Å². The lowest BCUT2D eigenvalue weighted by Gasteiger charge is -2.03. The quantitative estimate of drug-likeness (QED) is 0.624. The minimum atomic E-state index is -3.80. The molecule has 0 saturated carbocycles. The summed E-state index contributed by atoms with van der Waals surface area (Å²) >= 11 is 0. The van der Waals surface area contributed by atoms with Crippen LogP contribution in [0.15, 0.2) is 21.6 Å². The molecule has 0 radical (unpaired) electrons. The molecular weight excluding hydrogens is 304 g/mol. The van der Waals surface area contributed by atoms with Crippen molar-refractivity contribution in [1.82, 2.24) is 10.0 Å². The highest BCUT2D eigenvalue weighted by molar-refractivity contribution is 7.91. The van der Waals surface area contributed by atoms with Crippen molar-refractivity contribution >= 4 is 19.9 Å². The van der Waals surface area contributed by atoms with Gasteiger partial charge in [-0.3, -0.25) is 0 Å². The number of nitrogens with one attached hydrogen (secondary N) is 2. The van der Waals surface area contributed by atoms with Crippen molar-refractivity contribution in [3.63, 3.8) is 0 Å². The average molecular weight is 324 g/mol. The maximum absolute atomic E-state index is 11.8. The van der Waals surface area contributed by atoms with Crippen molar-refractivity contribution in [2.24, 2.45) is 0 Å². The van der Waals surface area contributed by atoms with E-state index in [9.17, 15) is 16.8 Å². The van der Waals surface area contributed by atoms with Crippen molar-refractivity contribution in [3.05, 3.63) is 17.9 Å². The van der Waals surface area contributed by atoms with E-state index in [1.165, 1.54) is 6.07 Å². The van der Waals surface area contributed by atoms with Crippen LogP contribution < -0.4 is 10.0 Å². The van der Waals surface area contributed by atoms with E-state index in [0.717, 1.165) is 19.2 Å². The van der Waals surface area contributed by atoms with Crippen molar-refractivity contribution in [2.75, 3.05) is 25.1 Å². The Kier molecular flexibility index (Phi) is 6.18. The zero-order chi connectivity index (χ0) is 15.2. The number of hydrogen-bond donors (Lipinski definition) is 2. The van der Waals surface area contributed by atoms with Gasteiger partial charge in [-0.25, -0.2) is 21.6 Å². The van der Waals surface area contributed by atoms with Crippen LogP contribution in [0, 0.1) is 0 Å². The van der Waals surface area contributed by atoms with E-state index in [0.29, 0.717) is 12.3 Å². The van der Waals surface area contributed by atoms with Crippen LogP contribution in [-0.2, 0) is 26.4 Å². The van der Waals surface area contributed by atoms with E-state index in [1.807, 2.05) is 6.92 Å². The van der Waals surface area contributed by atoms with Crippen molar-refractivity contribution < 1.29 is 21.3 Å². The predicted molar refractivity (Wildman–Crippen MR) is 75.6 cm³/mol. The third-order valence-corrected chi connectivity index (χ3v) is 4.67. The zero-order valence-electron chi connectivity index (χ0n) is 11.5. The molecule has 0 aliphatic carbocycles. The van der Waals surface area contributed by atoms with Gasteiger partial charge in [-0.15, -0.1) is 0 Å². The second-order valence-electron chi connectivity index (χ2n) is 4.43. The normalized spacial score (nSPS) is 12.7. The SMILES string of the molecule is CCCNCc1ccc(S(=O)(=O)NCCS(C)(=O)=O)o1. The summed E-state index contributed by atoms with van der Waals surface area (Å²) in [4.78, 5) is 0. The Balaban J connectivity index is 2.59. The van der Waals surface area contributed by atoms with Gasteiger partial charge in [0.2, 0.25) is 5.09 Å². The van der Waals surface area contributed by atoms with Crippen molar-refractivity contribution in [1.29, 1.82) is 0 Å². The lowest BCUT2D eigenvalue weighted by Crippen LogP contribution is -2.28. The standard InChI is InChI=1S/C11H20N2O5S2/c1-3-6-12-9-10-4-5-11(18-10)20(16,17)13-7-8-19(2,14)15/h4-5,12-13H,3,6-9H2,1-2H3. The molecule has 1 aromatic heterocycles. The molecule has 0 unspecified atom stereocenters. The largest absolute Gasteiger partial charge is 0.447 e. The van der Waals surface area contributed by atoms with Crippen LogP contribution in [0.1, 0.15) is 19.1 Å². The Morgan fingerprint density at radius 2 is 1.85 bits per heavy atom. The maximum Gasteiger partial charge on any atom is 0.273 e. The van der Waals surface area contributed by atoms with Gasteiger partial charge in [0.05, 0.1) is 12.3 Å². The molecule has 20 heavy (non-hydrogen) atoms. The first-order valence-electron chi connectivity index (χ1n) is 6.21. The molecule has 0 atom stereocenters. The fourth-order valence-electron chi connectivity index (χ4n) is 1.42. The molecule has 0 aromatic carbocycles. The molecule has 0 aliphatic heterocycles. The molecule has 0 fully saturated rings. The summed E-state index contributed by atoms with van der Waals surface area (Å²) in [6.07, 6.45) is 2.02. The summed E-state index contributed by atoms with van der Waals surface area (Å²) in [5, 5.41) is 2.88. The molecule has 1 heterocycles. The van der Waals surface area contributed by atoms with Crippen LogP contribution in [-0.4, -0.2) is 41.9 Å². The number of furan rings is 1. The Morgan fingerprint density at radius 1 is 1.15 bits per heavy atom. The van der Waals surface area contributed by atoms with Gasteiger partial charge < -0.3 is 9.73 Å². The van der Waals surface area contributed by atoms with Crippen LogP contribution in [0.5, 0.6) is 0 Å². The smallest absolute Gasteiger partial charge is 0.273 e. The first-order valence-corrected chi connectivity index (χ1v) is 9.76. The average Bonchev–Trinajstić information content (AvgIpc) is 2.77. The minimum Gasteiger partial charge on any atom is -0.447 e. The number of sulfonamides is 1. The Labute approximate surface area is 119 Å². The van der Waals surface area contributed by atoms with Crippen LogP contribution in [0.4, 0.5) is 0 Å². The van der Waals surface area contributed by atoms with Gasteiger partial charge in [0.25, 0.3) is 10.0 Å². The fourth-order valence-corrected chi connectivity index (χ4v) is 3.00. The van der Waals surface area contributed by atoms with Gasteiger partial charge in [0.15, 0.2) is 0 Å². The lowest BCUT2D eigenvalue weighted by molar-refractivity contribution is 0.400. The Hall–Kier alpha value is -0.900. The number of sulfone groups is 1. The minimum absolute atomic E-state index is 0.175. The highest BCUT2D eigenvalue weighted by atomic mass is 32.2. The van der Waals surface area contributed by atoms with E-state index in [4.69, 9.17) is 4.42 Å². The lowest BCUT2D eigenvalue weighted by atomic mass is 10.4. The number of hydrogen-bond acceptors (Lipinski definition) is 6. The molecule has 7 nitrogen and oxygen atoms in total. The van der Waals surface area contributed by atoms with E-state index < -0.39 is 19.9 Å². The molecule has 0 saturated heterocycles. The van der Waals surface area contributed by atoms with Crippen molar-refractivity contribution in [3.8, 4) is 0 Å². The molecular formula is C11H20N2O5S2. The van der Waals surface area contributed by atoms with Gasteiger partial charge >= 0.3 is 0 Å². The summed E-state index contributed by atoms with van der Waals surface area (Å²) in [5.74, 6) is 0.264. The van der Waals surface area contributed by atoms with Crippen LogP contribution in [0.3, 0.4) is 0 Å². The first kappa shape index (κ1) is 17.2. The number of rotatable bonds is 9. The molecule has 1 rings (SSSR count). The highest BCUT2D eigenvalue weighted by Gasteiger charge is 2.18.